The lowest BCUT2D eigenvalue weighted by Gasteiger charge is -2.31. The summed E-state index contributed by atoms with van der Waals surface area (Å²) in [5, 5.41) is 2.83. The number of carbonyl (C=O) groups is 2. The van der Waals surface area contributed by atoms with Gasteiger partial charge in [0.1, 0.15) is 11.8 Å². The highest BCUT2D eigenvalue weighted by Crippen LogP contribution is 2.30. The smallest absolute Gasteiger partial charge is 0.242 e. The Morgan fingerprint density at radius 2 is 1.64 bits per heavy atom. The molecule has 0 aliphatic carbocycles. The predicted molar refractivity (Wildman–Crippen MR) is 144 cm³/mol. The van der Waals surface area contributed by atoms with Crippen LogP contribution in [0.4, 0.5) is 5.69 Å². The van der Waals surface area contributed by atoms with Crippen molar-refractivity contribution >= 4 is 27.5 Å². The summed E-state index contributed by atoms with van der Waals surface area (Å²) in [7, 11) is -3.60. The van der Waals surface area contributed by atoms with Crippen molar-refractivity contribution in [2.75, 3.05) is 36.8 Å². The zero-order valence-electron chi connectivity index (χ0n) is 21.8. The fourth-order valence-electron chi connectivity index (χ4n) is 4.11. The number of amides is 2. The van der Waals surface area contributed by atoms with Gasteiger partial charge in [-0.25, -0.2) is 8.42 Å². The fourth-order valence-corrected chi connectivity index (χ4v) is 5.08. The molecule has 0 saturated heterocycles. The Balaban J connectivity index is 2.17. The molecular formula is C27H39N3O5S. The molecule has 0 saturated carbocycles. The maximum absolute atomic E-state index is 13.4. The van der Waals surface area contributed by atoms with E-state index in [1.54, 1.807) is 29.2 Å². The van der Waals surface area contributed by atoms with Gasteiger partial charge in [0.15, 0.2) is 0 Å². The second-order valence-corrected chi connectivity index (χ2v) is 10.4. The van der Waals surface area contributed by atoms with Crippen LogP contribution >= 0.6 is 0 Å². The van der Waals surface area contributed by atoms with Gasteiger partial charge in [0.05, 0.1) is 18.6 Å². The van der Waals surface area contributed by atoms with Crippen LogP contribution in [-0.4, -0.2) is 63.7 Å². The third kappa shape index (κ3) is 8.55. The van der Waals surface area contributed by atoms with Crippen molar-refractivity contribution in [3.8, 4) is 5.75 Å². The van der Waals surface area contributed by atoms with Crippen molar-refractivity contribution in [2.24, 2.45) is 0 Å². The number of nitrogens with zero attached hydrogens (tertiary/aromatic N) is 2. The number of ether oxygens (including phenoxy) is 1. The van der Waals surface area contributed by atoms with E-state index >= 15 is 0 Å². The molecule has 2 aromatic rings. The number of rotatable bonds is 15. The molecule has 36 heavy (non-hydrogen) atoms. The lowest BCUT2D eigenvalue weighted by atomic mass is 10.1. The van der Waals surface area contributed by atoms with E-state index < -0.39 is 16.1 Å². The quantitative estimate of drug-likeness (QED) is 0.389. The number of para-hydroxylation sites is 2. The number of likely N-dealkylation sites (N-methyl/N-ethyl adjacent to an activating group) is 1. The minimum absolute atomic E-state index is 0.119. The Hall–Kier alpha value is -3.07. The number of nitrogens with one attached hydrogen (secondary N) is 1. The maximum atomic E-state index is 13.4. The molecule has 2 amide bonds. The summed E-state index contributed by atoms with van der Waals surface area (Å²) in [6.45, 7) is 6.99. The van der Waals surface area contributed by atoms with Gasteiger partial charge < -0.3 is 15.0 Å². The molecule has 9 heteroatoms. The van der Waals surface area contributed by atoms with E-state index in [4.69, 9.17) is 4.74 Å². The first-order valence-corrected chi connectivity index (χ1v) is 14.4. The monoisotopic (exact) mass is 517 g/mol. The minimum atomic E-state index is -3.60. The van der Waals surface area contributed by atoms with Crippen LogP contribution in [0.15, 0.2) is 54.6 Å². The lowest BCUT2D eigenvalue weighted by molar-refractivity contribution is -0.140. The van der Waals surface area contributed by atoms with Gasteiger partial charge in [-0.15, -0.1) is 0 Å². The normalized spacial score (nSPS) is 12.0. The summed E-state index contributed by atoms with van der Waals surface area (Å²) >= 11 is 0. The minimum Gasteiger partial charge on any atom is -0.492 e. The molecule has 0 bridgehead atoms. The van der Waals surface area contributed by atoms with Crippen LogP contribution in [0.25, 0.3) is 0 Å². The lowest BCUT2D eigenvalue weighted by Crippen LogP contribution is -2.50. The highest BCUT2D eigenvalue weighted by atomic mass is 32.2. The van der Waals surface area contributed by atoms with E-state index in [0.29, 0.717) is 50.4 Å². The average molecular weight is 518 g/mol. The standard InChI is InChI=1S/C27H39N3O5S/c1-5-23(27(32)28-6-2)29(21-19-22-14-9-8-10-15-22)26(31)18-13-20-30(36(4,33)34)24-16-11-12-17-25(24)35-7-3/h8-12,14-17,23H,5-7,13,18-21H2,1-4H3,(H,28,32)/t23-/m0/s1. The Kier molecular flexibility index (Phi) is 11.7. The molecule has 1 N–H and O–H groups in total. The predicted octanol–water partition coefficient (Wildman–Crippen LogP) is 3.62. The summed E-state index contributed by atoms with van der Waals surface area (Å²) in [6.07, 6.45) is 2.68. The molecule has 0 spiro atoms. The highest BCUT2D eigenvalue weighted by molar-refractivity contribution is 7.92. The van der Waals surface area contributed by atoms with Crippen molar-refractivity contribution < 1.29 is 22.7 Å². The first-order chi connectivity index (χ1) is 17.2. The van der Waals surface area contributed by atoms with E-state index in [1.807, 2.05) is 51.1 Å². The van der Waals surface area contributed by atoms with Gasteiger partial charge in [-0.1, -0.05) is 49.4 Å². The first-order valence-electron chi connectivity index (χ1n) is 12.5. The van der Waals surface area contributed by atoms with Gasteiger partial charge in [-0.2, -0.15) is 0 Å². The van der Waals surface area contributed by atoms with Crippen LogP contribution in [0, 0.1) is 0 Å². The Morgan fingerprint density at radius 1 is 0.972 bits per heavy atom. The number of carbonyl (C=O) groups excluding carboxylic acids is 2. The molecule has 1 atom stereocenters. The topological polar surface area (TPSA) is 96.0 Å². The molecule has 8 nitrogen and oxygen atoms in total. The van der Waals surface area contributed by atoms with E-state index in [-0.39, 0.29) is 24.8 Å². The van der Waals surface area contributed by atoms with Crippen molar-refractivity contribution in [2.45, 2.75) is 52.5 Å². The number of hydrogen-bond acceptors (Lipinski definition) is 5. The van der Waals surface area contributed by atoms with Gasteiger partial charge in [0.25, 0.3) is 0 Å². The second-order valence-electron chi connectivity index (χ2n) is 8.48. The van der Waals surface area contributed by atoms with Gasteiger partial charge in [-0.3, -0.25) is 13.9 Å². The van der Waals surface area contributed by atoms with Crippen molar-refractivity contribution in [3.05, 3.63) is 60.2 Å². The van der Waals surface area contributed by atoms with Crippen LogP contribution in [0.1, 0.15) is 45.6 Å². The first kappa shape index (κ1) is 29.2. The van der Waals surface area contributed by atoms with E-state index in [9.17, 15) is 18.0 Å². The van der Waals surface area contributed by atoms with Crippen molar-refractivity contribution in [1.82, 2.24) is 10.2 Å². The Labute approximate surface area is 215 Å². The van der Waals surface area contributed by atoms with Crippen LogP contribution < -0.4 is 14.4 Å². The van der Waals surface area contributed by atoms with E-state index in [1.165, 1.54) is 4.31 Å². The molecule has 0 heterocycles. The SMILES string of the molecule is CCNC(=O)[C@H](CC)N(CCc1ccccc1)C(=O)CCCN(c1ccccc1OCC)S(C)(=O)=O. The molecule has 0 unspecified atom stereocenters. The summed E-state index contributed by atoms with van der Waals surface area (Å²) in [6, 6.07) is 16.2. The molecule has 0 aliphatic rings. The fraction of sp³-hybridized carbons (Fsp3) is 0.481. The summed E-state index contributed by atoms with van der Waals surface area (Å²) in [5.41, 5.74) is 1.53. The van der Waals surface area contributed by atoms with Gasteiger partial charge in [0.2, 0.25) is 21.8 Å². The number of sulfonamides is 1. The highest BCUT2D eigenvalue weighted by Gasteiger charge is 2.28. The Morgan fingerprint density at radius 3 is 2.25 bits per heavy atom. The molecule has 0 aromatic heterocycles. The molecule has 2 aromatic carbocycles. The summed E-state index contributed by atoms with van der Waals surface area (Å²) < 4.78 is 32.1. The molecule has 0 radical (unpaired) electrons. The number of anilines is 1. The van der Waals surface area contributed by atoms with E-state index in [2.05, 4.69) is 5.32 Å². The van der Waals surface area contributed by atoms with Crippen LogP contribution in [-0.2, 0) is 26.0 Å². The van der Waals surface area contributed by atoms with E-state index in [0.717, 1.165) is 11.8 Å². The zero-order valence-corrected chi connectivity index (χ0v) is 22.6. The second kappa shape index (κ2) is 14.5. The van der Waals surface area contributed by atoms with Crippen LogP contribution in [0.2, 0.25) is 0 Å². The van der Waals surface area contributed by atoms with Crippen molar-refractivity contribution in [1.29, 1.82) is 0 Å². The molecule has 0 aliphatic heterocycles. The number of benzene rings is 2. The molecule has 0 fully saturated rings. The third-order valence-corrected chi connectivity index (χ3v) is 6.99. The Bertz CT molecular complexity index is 1080. The molecule has 2 rings (SSSR count). The zero-order chi connectivity index (χ0) is 26.6. The van der Waals surface area contributed by atoms with Gasteiger partial charge in [0, 0.05) is 26.1 Å². The molecular weight excluding hydrogens is 478 g/mol. The largest absolute Gasteiger partial charge is 0.492 e. The average Bonchev–Trinajstić information content (AvgIpc) is 2.85. The van der Waals surface area contributed by atoms with Gasteiger partial charge >= 0.3 is 0 Å². The summed E-state index contributed by atoms with van der Waals surface area (Å²) in [4.78, 5) is 27.7. The number of hydrogen-bond donors (Lipinski definition) is 1. The third-order valence-electron chi connectivity index (χ3n) is 5.81. The van der Waals surface area contributed by atoms with Crippen LogP contribution in [0.3, 0.4) is 0 Å². The van der Waals surface area contributed by atoms with Crippen molar-refractivity contribution in [3.63, 3.8) is 0 Å². The van der Waals surface area contributed by atoms with Gasteiger partial charge in [-0.05, 0) is 50.8 Å². The van der Waals surface area contributed by atoms with Crippen LogP contribution in [0.5, 0.6) is 5.75 Å². The maximum Gasteiger partial charge on any atom is 0.242 e. The summed E-state index contributed by atoms with van der Waals surface area (Å²) in [5.74, 6) is 0.129. The molecule has 198 valence electrons.